The van der Waals surface area contributed by atoms with Crippen LogP contribution in [-0.4, -0.2) is 38.2 Å². The monoisotopic (exact) mass is 220 g/mol. The minimum Gasteiger partial charge on any atom is -0.497 e. The number of benzene rings is 1. The fourth-order valence-corrected chi connectivity index (χ4v) is 2.32. The Morgan fingerprint density at radius 3 is 2.94 bits per heavy atom. The quantitative estimate of drug-likeness (QED) is 0.809. The summed E-state index contributed by atoms with van der Waals surface area (Å²) in [5, 5.41) is 0. The van der Waals surface area contributed by atoms with Crippen LogP contribution in [0.3, 0.4) is 0 Å². The van der Waals surface area contributed by atoms with Crippen molar-refractivity contribution < 1.29 is 4.74 Å². The molecule has 16 heavy (non-hydrogen) atoms. The SMILES string of the molecule is COc1ccc2c(c1)CC(CN)N(C)CC2. The van der Waals surface area contributed by atoms with Gasteiger partial charge in [-0.25, -0.2) is 0 Å². The molecule has 88 valence electrons. The van der Waals surface area contributed by atoms with Crippen LogP contribution in [0.2, 0.25) is 0 Å². The van der Waals surface area contributed by atoms with Crippen molar-refractivity contribution in [3.63, 3.8) is 0 Å². The van der Waals surface area contributed by atoms with Crippen LogP contribution < -0.4 is 10.5 Å². The molecule has 0 amide bonds. The van der Waals surface area contributed by atoms with Crippen LogP contribution in [0.25, 0.3) is 0 Å². The van der Waals surface area contributed by atoms with E-state index in [0.29, 0.717) is 12.6 Å². The number of fused-ring (bicyclic) bond motifs is 1. The third-order valence-corrected chi connectivity index (χ3v) is 3.50. The van der Waals surface area contributed by atoms with Gasteiger partial charge in [-0.15, -0.1) is 0 Å². The molecule has 0 radical (unpaired) electrons. The minimum absolute atomic E-state index is 0.452. The zero-order valence-corrected chi connectivity index (χ0v) is 10.1. The first-order valence-corrected chi connectivity index (χ1v) is 5.80. The molecule has 2 N–H and O–H groups in total. The summed E-state index contributed by atoms with van der Waals surface area (Å²) >= 11 is 0. The minimum atomic E-state index is 0.452. The summed E-state index contributed by atoms with van der Waals surface area (Å²) in [6.45, 7) is 1.80. The van der Waals surface area contributed by atoms with Crippen LogP contribution in [0.4, 0.5) is 0 Å². The molecule has 0 saturated heterocycles. The molecule has 1 aromatic rings. The summed E-state index contributed by atoms with van der Waals surface area (Å²) in [6.07, 6.45) is 2.13. The number of hydrogen-bond donors (Lipinski definition) is 1. The van der Waals surface area contributed by atoms with E-state index in [9.17, 15) is 0 Å². The van der Waals surface area contributed by atoms with Crippen molar-refractivity contribution in [1.82, 2.24) is 4.90 Å². The molecule has 0 fully saturated rings. The van der Waals surface area contributed by atoms with Gasteiger partial charge in [0.1, 0.15) is 5.75 Å². The highest BCUT2D eigenvalue weighted by molar-refractivity contribution is 5.37. The molecule has 2 rings (SSSR count). The predicted octanol–water partition coefficient (Wildman–Crippen LogP) is 1.05. The van der Waals surface area contributed by atoms with Gasteiger partial charge in [0.2, 0.25) is 0 Å². The van der Waals surface area contributed by atoms with E-state index in [1.54, 1.807) is 7.11 Å². The topological polar surface area (TPSA) is 38.5 Å². The van der Waals surface area contributed by atoms with E-state index < -0.39 is 0 Å². The third-order valence-electron chi connectivity index (χ3n) is 3.50. The number of nitrogens with zero attached hydrogens (tertiary/aromatic N) is 1. The number of hydrogen-bond acceptors (Lipinski definition) is 3. The van der Waals surface area contributed by atoms with Crippen molar-refractivity contribution in [3.8, 4) is 5.75 Å². The molecule has 1 aromatic carbocycles. The smallest absolute Gasteiger partial charge is 0.119 e. The van der Waals surface area contributed by atoms with Crippen LogP contribution in [0.5, 0.6) is 5.75 Å². The highest BCUT2D eigenvalue weighted by Gasteiger charge is 2.19. The Morgan fingerprint density at radius 2 is 2.25 bits per heavy atom. The van der Waals surface area contributed by atoms with Crippen molar-refractivity contribution in [2.75, 3.05) is 27.2 Å². The number of ether oxygens (including phenoxy) is 1. The van der Waals surface area contributed by atoms with Gasteiger partial charge < -0.3 is 15.4 Å². The van der Waals surface area contributed by atoms with Gasteiger partial charge in [0.25, 0.3) is 0 Å². The van der Waals surface area contributed by atoms with Crippen molar-refractivity contribution >= 4 is 0 Å². The van der Waals surface area contributed by atoms with Crippen LogP contribution >= 0.6 is 0 Å². The second-order valence-corrected chi connectivity index (χ2v) is 4.46. The first kappa shape index (κ1) is 11.4. The Kier molecular flexibility index (Phi) is 3.46. The maximum atomic E-state index is 5.82. The Hall–Kier alpha value is -1.06. The first-order valence-electron chi connectivity index (χ1n) is 5.80. The molecule has 0 saturated carbocycles. The zero-order valence-electron chi connectivity index (χ0n) is 10.1. The maximum absolute atomic E-state index is 5.82. The molecule has 0 aromatic heterocycles. The summed E-state index contributed by atoms with van der Waals surface area (Å²) < 4.78 is 5.27. The second-order valence-electron chi connectivity index (χ2n) is 4.46. The van der Waals surface area contributed by atoms with Gasteiger partial charge in [-0.2, -0.15) is 0 Å². The highest BCUT2D eigenvalue weighted by atomic mass is 16.5. The first-order chi connectivity index (χ1) is 7.74. The summed E-state index contributed by atoms with van der Waals surface area (Å²) in [5.74, 6) is 0.944. The van der Waals surface area contributed by atoms with E-state index >= 15 is 0 Å². The molecule has 1 atom stereocenters. The number of methoxy groups -OCH3 is 1. The summed E-state index contributed by atoms with van der Waals surface area (Å²) in [4.78, 5) is 2.35. The van der Waals surface area contributed by atoms with Crippen molar-refractivity contribution in [3.05, 3.63) is 29.3 Å². The third kappa shape index (κ3) is 2.20. The Balaban J connectivity index is 2.29. The van der Waals surface area contributed by atoms with Crippen molar-refractivity contribution in [2.24, 2.45) is 5.73 Å². The normalized spacial score (nSPS) is 21.3. The lowest BCUT2D eigenvalue weighted by Crippen LogP contribution is -2.39. The largest absolute Gasteiger partial charge is 0.497 e. The van der Waals surface area contributed by atoms with E-state index in [4.69, 9.17) is 10.5 Å². The lowest BCUT2D eigenvalue weighted by Gasteiger charge is -2.23. The van der Waals surface area contributed by atoms with Crippen LogP contribution in [0, 0.1) is 0 Å². The van der Waals surface area contributed by atoms with Gasteiger partial charge >= 0.3 is 0 Å². The number of rotatable bonds is 2. The van der Waals surface area contributed by atoms with Gasteiger partial charge in [0.05, 0.1) is 7.11 Å². The number of likely N-dealkylation sites (N-methyl/N-ethyl adjacent to an activating group) is 1. The number of nitrogens with two attached hydrogens (primary N) is 1. The highest BCUT2D eigenvalue weighted by Crippen LogP contribution is 2.23. The molecule has 3 heteroatoms. The molecule has 1 aliphatic rings. The van der Waals surface area contributed by atoms with E-state index in [0.717, 1.165) is 25.1 Å². The summed E-state index contributed by atoms with van der Waals surface area (Å²) in [5.41, 5.74) is 8.64. The average Bonchev–Trinajstić information content (AvgIpc) is 2.48. The maximum Gasteiger partial charge on any atom is 0.119 e. The fourth-order valence-electron chi connectivity index (χ4n) is 2.32. The predicted molar refractivity (Wildman–Crippen MR) is 65.9 cm³/mol. The van der Waals surface area contributed by atoms with Gasteiger partial charge in [-0.05, 0) is 43.1 Å². The van der Waals surface area contributed by atoms with Gasteiger partial charge in [0, 0.05) is 19.1 Å². The second kappa shape index (κ2) is 4.85. The summed E-state index contributed by atoms with van der Waals surface area (Å²) in [7, 11) is 3.87. The van der Waals surface area contributed by atoms with E-state index in [2.05, 4.69) is 24.1 Å². The molecule has 0 bridgehead atoms. The molecule has 0 aliphatic carbocycles. The lowest BCUT2D eigenvalue weighted by atomic mass is 10.00. The standard InChI is InChI=1S/C13H20N2O/c1-15-6-5-10-3-4-13(16-2)8-11(10)7-12(15)9-14/h3-4,8,12H,5-7,9,14H2,1-2H3. The fraction of sp³-hybridized carbons (Fsp3) is 0.538. The van der Waals surface area contributed by atoms with Crippen molar-refractivity contribution in [1.29, 1.82) is 0 Å². The molecule has 3 nitrogen and oxygen atoms in total. The zero-order chi connectivity index (χ0) is 11.5. The molecular formula is C13H20N2O. The van der Waals surface area contributed by atoms with Gasteiger partial charge in [-0.3, -0.25) is 0 Å². The van der Waals surface area contributed by atoms with Crippen molar-refractivity contribution in [2.45, 2.75) is 18.9 Å². The summed E-state index contributed by atoms with van der Waals surface area (Å²) in [6, 6.07) is 6.83. The molecule has 1 heterocycles. The Bertz CT molecular complexity index is 365. The van der Waals surface area contributed by atoms with Gasteiger partial charge in [-0.1, -0.05) is 6.07 Å². The van der Waals surface area contributed by atoms with E-state index in [-0.39, 0.29) is 0 Å². The molecule has 1 unspecified atom stereocenters. The van der Waals surface area contributed by atoms with E-state index in [1.165, 1.54) is 11.1 Å². The van der Waals surface area contributed by atoms with Crippen LogP contribution in [0.15, 0.2) is 18.2 Å². The van der Waals surface area contributed by atoms with E-state index in [1.807, 2.05) is 6.07 Å². The Labute approximate surface area is 97.2 Å². The molecular weight excluding hydrogens is 200 g/mol. The van der Waals surface area contributed by atoms with Crippen LogP contribution in [0.1, 0.15) is 11.1 Å². The lowest BCUT2D eigenvalue weighted by molar-refractivity contribution is 0.256. The molecule has 0 spiro atoms. The Morgan fingerprint density at radius 1 is 1.44 bits per heavy atom. The average molecular weight is 220 g/mol. The molecule has 1 aliphatic heterocycles. The van der Waals surface area contributed by atoms with Crippen LogP contribution in [-0.2, 0) is 12.8 Å². The van der Waals surface area contributed by atoms with Gasteiger partial charge in [0.15, 0.2) is 0 Å².